The molecule has 1 aliphatic rings. The quantitative estimate of drug-likeness (QED) is 0.494. The third-order valence-electron chi connectivity index (χ3n) is 6.56. The number of benzene rings is 2. The summed E-state index contributed by atoms with van der Waals surface area (Å²) in [7, 11) is 0. The number of nitrogens with one attached hydrogen (secondary N) is 2. The van der Waals surface area contributed by atoms with Crippen molar-refractivity contribution in [2.75, 3.05) is 0 Å². The molecule has 3 aromatic rings. The van der Waals surface area contributed by atoms with Gasteiger partial charge in [0.15, 0.2) is 0 Å². The van der Waals surface area contributed by atoms with Crippen molar-refractivity contribution < 1.29 is 9.90 Å². The molecule has 1 atom stereocenters. The van der Waals surface area contributed by atoms with E-state index in [0.29, 0.717) is 19.6 Å². The molecule has 3 N–H and O–H groups in total. The van der Waals surface area contributed by atoms with Gasteiger partial charge < -0.3 is 15.7 Å². The topological polar surface area (TPSA) is 74.2 Å². The summed E-state index contributed by atoms with van der Waals surface area (Å²) in [4.78, 5) is 17.3. The molecule has 1 aromatic heterocycles. The highest BCUT2D eigenvalue weighted by Crippen LogP contribution is 2.25. The van der Waals surface area contributed by atoms with E-state index in [0.717, 1.165) is 47.2 Å². The monoisotopic (exact) mass is 443 g/mol. The van der Waals surface area contributed by atoms with Gasteiger partial charge in [-0.25, -0.2) is 0 Å². The first kappa shape index (κ1) is 23.1. The maximum Gasteiger partial charge on any atom is 0.223 e. The van der Waals surface area contributed by atoms with Gasteiger partial charge in [0.25, 0.3) is 0 Å². The van der Waals surface area contributed by atoms with Crippen LogP contribution >= 0.6 is 0 Å². The summed E-state index contributed by atoms with van der Waals surface area (Å²) in [5.74, 6) is 0.140. The molecule has 1 unspecified atom stereocenters. The second-order valence-electron chi connectivity index (χ2n) is 9.07. The number of carbonyl (C=O) groups excluding carboxylic acids is 1. The van der Waals surface area contributed by atoms with Crippen LogP contribution in [0.4, 0.5) is 0 Å². The van der Waals surface area contributed by atoms with Crippen molar-refractivity contribution >= 4 is 5.91 Å². The molecule has 4 rings (SSSR count). The molecule has 5 nitrogen and oxygen atoms in total. The van der Waals surface area contributed by atoms with Crippen LogP contribution < -0.4 is 10.6 Å². The average molecular weight is 444 g/mol. The number of aliphatic hydroxyl groups excluding tert-OH is 1. The number of fused-ring (bicyclic) bond motifs is 1. The van der Waals surface area contributed by atoms with Crippen LogP contribution in [-0.2, 0) is 43.9 Å². The molecule has 1 aliphatic carbocycles. The number of carbonyl (C=O) groups is 1. The summed E-state index contributed by atoms with van der Waals surface area (Å²) in [5, 5.41) is 16.4. The molecule has 33 heavy (non-hydrogen) atoms. The summed E-state index contributed by atoms with van der Waals surface area (Å²) >= 11 is 0. The van der Waals surface area contributed by atoms with E-state index >= 15 is 0 Å². The molecule has 0 aliphatic heterocycles. The van der Waals surface area contributed by atoms with Gasteiger partial charge in [0.2, 0.25) is 5.91 Å². The van der Waals surface area contributed by atoms with Crippen molar-refractivity contribution in [1.29, 1.82) is 0 Å². The summed E-state index contributed by atoms with van der Waals surface area (Å²) in [6.07, 6.45) is 4.55. The minimum absolute atomic E-state index is 0.0273. The molecule has 0 saturated carbocycles. The Balaban J connectivity index is 1.30. The molecular formula is C28H33N3O2. The lowest BCUT2D eigenvalue weighted by atomic mass is 9.83. The Hall–Kier alpha value is -3.02. The standard InChI is InChI=1S/C28H33N3O2/c1-19-11-20(2)27(30-14-19)17-29-16-25-8-7-21(12-26(25)18-32)15-31-28(33)24-10-9-22-5-3-4-6-23(22)13-24/h3-8,11-12,14,24,29,32H,9-10,13,15-18H2,1-2H3,(H,31,33). The van der Waals surface area contributed by atoms with Crippen molar-refractivity contribution in [3.05, 3.63) is 99.4 Å². The van der Waals surface area contributed by atoms with Gasteiger partial charge in [0.1, 0.15) is 0 Å². The first-order chi connectivity index (χ1) is 16.0. The Bertz CT molecular complexity index is 1130. The van der Waals surface area contributed by atoms with Gasteiger partial charge >= 0.3 is 0 Å². The molecule has 0 bridgehead atoms. The lowest BCUT2D eigenvalue weighted by molar-refractivity contribution is -0.125. The molecule has 2 aromatic carbocycles. The van der Waals surface area contributed by atoms with Crippen LogP contribution in [0, 0.1) is 19.8 Å². The van der Waals surface area contributed by atoms with Crippen LogP contribution in [0.2, 0.25) is 0 Å². The van der Waals surface area contributed by atoms with Gasteiger partial charge in [-0.2, -0.15) is 0 Å². The maximum absolute atomic E-state index is 12.8. The molecular weight excluding hydrogens is 410 g/mol. The third kappa shape index (κ3) is 5.86. The number of hydrogen-bond acceptors (Lipinski definition) is 4. The van der Waals surface area contributed by atoms with Crippen molar-refractivity contribution in [1.82, 2.24) is 15.6 Å². The maximum atomic E-state index is 12.8. The van der Waals surface area contributed by atoms with Gasteiger partial charge in [-0.15, -0.1) is 0 Å². The molecule has 172 valence electrons. The normalized spacial score (nSPS) is 15.2. The van der Waals surface area contributed by atoms with E-state index in [4.69, 9.17) is 0 Å². The summed E-state index contributed by atoms with van der Waals surface area (Å²) in [6, 6.07) is 16.6. The number of aryl methyl sites for hydroxylation is 3. The smallest absolute Gasteiger partial charge is 0.223 e. The van der Waals surface area contributed by atoms with E-state index in [2.05, 4.69) is 46.8 Å². The van der Waals surface area contributed by atoms with E-state index in [1.165, 1.54) is 16.7 Å². The second-order valence-corrected chi connectivity index (χ2v) is 9.07. The fraction of sp³-hybridized carbons (Fsp3) is 0.357. The molecule has 0 radical (unpaired) electrons. The molecule has 1 heterocycles. The van der Waals surface area contributed by atoms with Crippen molar-refractivity contribution in [3.63, 3.8) is 0 Å². The zero-order valence-corrected chi connectivity index (χ0v) is 19.5. The van der Waals surface area contributed by atoms with E-state index in [1.807, 2.05) is 37.4 Å². The molecule has 0 spiro atoms. The van der Waals surface area contributed by atoms with E-state index in [-0.39, 0.29) is 18.4 Å². The largest absolute Gasteiger partial charge is 0.392 e. The first-order valence-electron chi connectivity index (χ1n) is 11.7. The van der Waals surface area contributed by atoms with Gasteiger partial charge in [-0.05, 0) is 72.1 Å². The minimum Gasteiger partial charge on any atom is -0.392 e. The van der Waals surface area contributed by atoms with Crippen LogP contribution in [0.25, 0.3) is 0 Å². The number of amides is 1. The van der Waals surface area contributed by atoms with Crippen molar-refractivity contribution in [3.8, 4) is 0 Å². The second kappa shape index (κ2) is 10.7. The molecule has 0 saturated heterocycles. The third-order valence-corrected chi connectivity index (χ3v) is 6.56. The molecule has 5 heteroatoms. The number of hydrogen-bond donors (Lipinski definition) is 3. The summed E-state index contributed by atoms with van der Waals surface area (Å²) in [5.41, 5.74) is 8.98. The Morgan fingerprint density at radius 3 is 2.64 bits per heavy atom. The highest BCUT2D eigenvalue weighted by atomic mass is 16.3. The van der Waals surface area contributed by atoms with E-state index in [1.54, 1.807) is 0 Å². The summed E-state index contributed by atoms with van der Waals surface area (Å²) in [6.45, 7) is 5.90. The Morgan fingerprint density at radius 1 is 1.03 bits per heavy atom. The van der Waals surface area contributed by atoms with Gasteiger partial charge in [-0.1, -0.05) is 48.5 Å². The highest BCUT2D eigenvalue weighted by Gasteiger charge is 2.24. The Kier molecular flexibility index (Phi) is 7.53. The van der Waals surface area contributed by atoms with E-state index < -0.39 is 0 Å². The minimum atomic E-state index is -0.0278. The number of pyridine rings is 1. The van der Waals surface area contributed by atoms with Gasteiger partial charge in [-0.3, -0.25) is 9.78 Å². The molecule has 0 fully saturated rings. The lowest BCUT2D eigenvalue weighted by Gasteiger charge is -2.24. The van der Waals surface area contributed by atoms with Crippen molar-refractivity contribution in [2.24, 2.45) is 5.92 Å². The predicted octanol–water partition coefficient (Wildman–Crippen LogP) is 3.90. The van der Waals surface area contributed by atoms with Gasteiger partial charge in [0, 0.05) is 31.7 Å². The number of aromatic nitrogens is 1. The van der Waals surface area contributed by atoms with Gasteiger partial charge in [0.05, 0.1) is 12.3 Å². The number of aliphatic hydroxyl groups is 1. The zero-order valence-electron chi connectivity index (χ0n) is 19.5. The fourth-order valence-electron chi connectivity index (χ4n) is 4.61. The number of nitrogens with zero attached hydrogens (tertiary/aromatic N) is 1. The number of rotatable bonds is 8. The van der Waals surface area contributed by atoms with Crippen molar-refractivity contribution in [2.45, 2.75) is 59.4 Å². The predicted molar refractivity (Wildman–Crippen MR) is 130 cm³/mol. The average Bonchev–Trinajstić information content (AvgIpc) is 2.84. The Labute approximate surface area is 196 Å². The molecule has 1 amide bonds. The van der Waals surface area contributed by atoms with Crippen LogP contribution in [0.3, 0.4) is 0 Å². The van der Waals surface area contributed by atoms with Crippen LogP contribution in [0.1, 0.15) is 51.1 Å². The first-order valence-corrected chi connectivity index (χ1v) is 11.7. The summed E-state index contributed by atoms with van der Waals surface area (Å²) < 4.78 is 0. The van der Waals surface area contributed by atoms with Crippen LogP contribution in [0.15, 0.2) is 54.7 Å². The Morgan fingerprint density at radius 2 is 1.85 bits per heavy atom. The lowest BCUT2D eigenvalue weighted by Crippen LogP contribution is -2.33. The SMILES string of the molecule is Cc1cnc(CNCc2ccc(CNC(=O)C3CCc4ccccc4C3)cc2CO)c(C)c1. The van der Waals surface area contributed by atoms with Crippen LogP contribution in [-0.4, -0.2) is 16.0 Å². The highest BCUT2D eigenvalue weighted by molar-refractivity contribution is 5.79. The fourth-order valence-corrected chi connectivity index (χ4v) is 4.61. The zero-order chi connectivity index (χ0) is 23.2. The van der Waals surface area contributed by atoms with Crippen LogP contribution in [0.5, 0.6) is 0 Å². The van der Waals surface area contributed by atoms with E-state index in [9.17, 15) is 9.90 Å².